The third kappa shape index (κ3) is 6.38. The molecule has 1 heterocycles. The van der Waals surface area contributed by atoms with Crippen molar-refractivity contribution in [1.29, 1.82) is 0 Å². The zero-order valence-corrected chi connectivity index (χ0v) is 17.2. The summed E-state index contributed by atoms with van der Waals surface area (Å²) in [6.45, 7) is 10.8. The van der Waals surface area contributed by atoms with Crippen molar-refractivity contribution in [3.05, 3.63) is 0 Å². The van der Waals surface area contributed by atoms with Crippen molar-refractivity contribution in [3.63, 3.8) is 0 Å². The first-order valence-electron chi connectivity index (χ1n) is 8.84. The number of guanidine groups is 1. The second kappa shape index (κ2) is 10.0. The van der Waals surface area contributed by atoms with E-state index in [1.165, 1.54) is 25.7 Å². The van der Waals surface area contributed by atoms with Crippen molar-refractivity contribution in [1.82, 2.24) is 10.2 Å². The topological polar surface area (TPSA) is 57.1 Å². The number of rotatable bonds is 7. The molecule has 0 amide bonds. The zero-order valence-electron chi connectivity index (χ0n) is 14.9. The van der Waals surface area contributed by atoms with Crippen LogP contribution in [0.2, 0.25) is 0 Å². The lowest BCUT2D eigenvalue weighted by Crippen LogP contribution is -2.43. The van der Waals surface area contributed by atoms with E-state index in [1.54, 1.807) is 0 Å². The van der Waals surface area contributed by atoms with Crippen molar-refractivity contribution in [2.75, 3.05) is 39.4 Å². The van der Waals surface area contributed by atoms with Gasteiger partial charge in [0.2, 0.25) is 0 Å². The molecule has 1 saturated heterocycles. The van der Waals surface area contributed by atoms with Gasteiger partial charge in [0.05, 0.1) is 19.3 Å². The van der Waals surface area contributed by atoms with E-state index in [0.29, 0.717) is 31.1 Å². The van der Waals surface area contributed by atoms with Crippen molar-refractivity contribution < 1.29 is 9.84 Å². The maximum atomic E-state index is 10.0. The second-order valence-corrected chi connectivity index (χ2v) is 7.30. The standard InChI is InChI=1S/C17H33N3O2.HI/c1-4-18-16(19-10-15(21)12-22-11-14(2)3)20-9-8-17(13-20)6-5-7-17;/h14-15,21H,4-13H2,1-3H3,(H,18,19);1H. The molecule has 1 aliphatic carbocycles. The Hall–Kier alpha value is -0.0800. The van der Waals surface area contributed by atoms with E-state index in [1.807, 2.05) is 0 Å². The van der Waals surface area contributed by atoms with Gasteiger partial charge in [-0.05, 0) is 37.5 Å². The molecule has 2 fully saturated rings. The highest BCUT2D eigenvalue weighted by molar-refractivity contribution is 14.0. The maximum Gasteiger partial charge on any atom is 0.194 e. The zero-order chi connectivity index (χ0) is 16.0. The Morgan fingerprint density at radius 2 is 2.04 bits per heavy atom. The molecule has 0 radical (unpaired) electrons. The fourth-order valence-electron chi connectivity index (χ4n) is 3.31. The average molecular weight is 439 g/mol. The Balaban J connectivity index is 0.00000264. The number of likely N-dealkylation sites (tertiary alicyclic amines) is 1. The van der Waals surface area contributed by atoms with Gasteiger partial charge >= 0.3 is 0 Å². The van der Waals surface area contributed by atoms with Gasteiger partial charge < -0.3 is 20.1 Å². The van der Waals surface area contributed by atoms with Gasteiger partial charge in [0.15, 0.2) is 5.96 Å². The Morgan fingerprint density at radius 1 is 1.30 bits per heavy atom. The summed E-state index contributed by atoms with van der Waals surface area (Å²) in [5, 5.41) is 13.4. The van der Waals surface area contributed by atoms with Crippen molar-refractivity contribution in [2.45, 2.75) is 52.6 Å². The van der Waals surface area contributed by atoms with Crippen molar-refractivity contribution >= 4 is 29.9 Å². The average Bonchev–Trinajstić information content (AvgIpc) is 2.88. The van der Waals surface area contributed by atoms with E-state index in [4.69, 9.17) is 4.74 Å². The third-order valence-electron chi connectivity index (χ3n) is 4.70. The van der Waals surface area contributed by atoms with Gasteiger partial charge in [-0.1, -0.05) is 20.3 Å². The largest absolute Gasteiger partial charge is 0.389 e. The summed E-state index contributed by atoms with van der Waals surface area (Å²) >= 11 is 0. The SMILES string of the molecule is CCNC(=NCC(O)COCC(C)C)N1CCC2(CCC2)C1.I. The summed E-state index contributed by atoms with van der Waals surface area (Å²) < 4.78 is 5.48. The molecule has 0 aromatic heterocycles. The second-order valence-electron chi connectivity index (χ2n) is 7.30. The molecular weight excluding hydrogens is 405 g/mol. The first kappa shape index (κ1) is 21.0. The quantitative estimate of drug-likeness (QED) is 0.364. The minimum absolute atomic E-state index is 0. The molecule has 1 spiro atoms. The molecule has 2 N–H and O–H groups in total. The highest BCUT2D eigenvalue weighted by Crippen LogP contribution is 2.47. The molecule has 136 valence electrons. The number of halogens is 1. The molecule has 2 rings (SSSR count). The number of nitrogens with zero attached hydrogens (tertiary/aromatic N) is 2. The Labute approximate surface area is 158 Å². The van der Waals surface area contributed by atoms with E-state index in [-0.39, 0.29) is 24.0 Å². The summed E-state index contributed by atoms with van der Waals surface area (Å²) in [5.74, 6) is 1.45. The Morgan fingerprint density at radius 3 is 2.57 bits per heavy atom. The fourth-order valence-corrected chi connectivity index (χ4v) is 3.31. The fraction of sp³-hybridized carbons (Fsp3) is 0.941. The van der Waals surface area contributed by atoms with Crippen LogP contribution < -0.4 is 5.32 Å². The van der Waals surface area contributed by atoms with E-state index < -0.39 is 6.10 Å². The molecule has 0 bridgehead atoms. The van der Waals surface area contributed by atoms with Gasteiger partial charge in [-0.3, -0.25) is 4.99 Å². The van der Waals surface area contributed by atoms with Crippen LogP contribution >= 0.6 is 24.0 Å². The van der Waals surface area contributed by atoms with Crippen LogP contribution in [-0.4, -0.2) is 61.5 Å². The van der Waals surface area contributed by atoms with Crippen LogP contribution in [0, 0.1) is 11.3 Å². The lowest BCUT2D eigenvalue weighted by molar-refractivity contribution is 0.0300. The van der Waals surface area contributed by atoms with Crippen LogP contribution in [0.15, 0.2) is 4.99 Å². The summed E-state index contributed by atoms with van der Waals surface area (Å²) in [6, 6.07) is 0. The maximum absolute atomic E-state index is 10.0. The van der Waals surface area contributed by atoms with Crippen LogP contribution in [0.25, 0.3) is 0 Å². The molecule has 1 atom stereocenters. The number of hydrogen-bond acceptors (Lipinski definition) is 3. The molecule has 1 aliphatic heterocycles. The van der Waals surface area contributed by atoms with Crippen molar-refractivity contribution in [3.8, 4) is 0 Å². The normalized spacial score (nSPS) is 21.3. The molecule has 1 saturated carbocycles. The summed E-state index contributed by atoms with van der Waals surface area (Å²) in [7, 11) is 0. The summed E-state index contributed by atoms with van der Waals surface area (Å²) in [6.07, 6.45) is 4.89. The molecular formula is C17H34IN3O2. The number of aliphatic hydroxyl groups is 1. The number of ether oxygens (including phenoxy) is 1. The number of nitrogens with one attached hydrogen (secondary N) is 1. The predicted molar refractivity (Wildman–Crippen MR) is 106 cm³/mol. The van der Waals surface area contributed by atoms with E-state index in [9.17, 15) is 5.11 Å². The number of hydrogen-bond donors (Lipinski definition) is 2. The van der Waals surface area contributed by atoms with Gasteiger partial charge in [-0.25, -0.2) is 0 Å². The molecule has 23 heavy (non-hydrogen) atoms. The van der Waals surface area contributed by atoms with Gasteiger partial charge in [0.25, 0.3) is 0 Å². The lowest BCUT2D eigenvalue weighted by atomic mass is 9.68. The highest BCUT2D eigenvalue weighted by atomic mass is 127. The first-order valence-corrected chi connectivity index (χ1v) is 8.84. The summed E-state index contributed by atoms with van der Waals surface area (Å²) in [4.78, 5) is 6.98. The van der Waals surface area contributed by atoms with Gasteiger partial charge in [0.1, 0.15) is 0 Å². The molecule has 5 nitrogen and oxygen atoms in total. The van der Waals surface area contributed by atoms with Gasteiger partial charge in [0, 0.05) is 26.2 Å². The van der Waals surface area contributed by atoms with E-state index >= 15 is 0 Å². The van der Waals surface area contributed by atoms with Crippen molar-refractivity contribution in [2.24, 2.45) is 16.3 Å². The minimum atomic E-state index is -0.521. The van der Waals surface area contributed by atoms with E-state index in [0.717, 1.165) is 25.6 Å². The van der Waals surface area contributed by atoms with Crippen LogP contribution in [0.4, 0.5) is 0 Å². The van der Waals surface area contributed by atoms with Gasteiger partial charge in [-0.15, -0.1) is 24.0 Å². The molecule has 6 heteroatoms. The Kier molecular flexibility index (Phi) is 9.15. The third-order valence-corrected chi connectivity index (χ3v) is 4.70. The summed E-state index contributed by atoms with van der Waals surface area (Å²) in [5.41, 5.74) is 0.565. The number of aliphatic hydroxyl groups excluding tert-OH is 1. The molecule has 2 aliphatic rings. The van der Waals surface area contributed by atoms with E-state index in [2.05, 4.69) is 36.0 Å². The smallest absolute Gasteiger partial charge is 0.194 e. The Bertz CT molecular complexity index is 373. The first-order chi connectivity index (χ1) is 10.5. The van der Waals surface area contributed by atoms with Crippen LogP contribution in [-0.2, 0) is 4.74 Å². The highest BCUT2D eigenvalue weighted by Gasteiger charge is 2.43. The van der Waals surface area contributed by atoms with Gasteiger partial charge in [-0.2, -0.15) is 0 Å². The van der Waals surface area contributed by atoms with Crippen LogP contribution in [0.5, 0.6) is 0 Å². The van der Waals surface area contributed by atoms with Crippen LogP contribution in [0.3, 0.4) is 0 Å². The molecule has 0 aromatic rings. The monoisotopic (exact) mass is 439 g/mol. The molecule has 1 unspecified atom stereocenters. The lowest BCUT2D eigenvalue weighted by Gasteiger charge is -2.38. The van der Waals surface area contributed by atoms with Crippen LogP contribution in [0.1, 0.15) is 46.5 Å². The molecule has 0 aromatic carbocycles. The minimum Gasteiger partial charge on any atom is -0.389 e. The predicted octanol–water partition coefficient (Wildman–Crippen LogP) is 2.48. The number of aliphatic imine (C=N–C) groups is 1.